The largest absolute Gasteiger partial charge is 0.471 e. The summed E-state index contributed by atoms with van der Waals surface area (Å²) in [5.41, 5.74) is 1.21. The van der Waals surface area contributed by atoms with E-state index in [0.29, 0.717) is 11.3 Å². The van der Waals surface area contributed by atoms with Crippen molar-refractivity contribution in [2.75, 3.05) is 11.9 Å². The number of halogens is 5. The van der Waals surface area contributed by atoms with Gasteiger partial charge < -0.3 is 15.4 Å². The van der Waals surface area contributed by atoms with Crippen LogP contribution in [0, 0.1) is 12.8 Å². The molecule has 2 rings (SSSR count). The fourth-order valence-corrected chi connectivity index (χ4v) is 2.27. The van der Waals surface area contributed by atoms with Crippen LogP contribution in [0.25, 0.3) is 0 Å². The van der Waals surface area contributed by atoms with Crippen molar-refractivity contribution in [3.05, 3.63) is 47.3 Å². The van der Waals surface area contributed by atoms with Crippen molar-refractivity contribution in [1.29, 1.82) is 0 Å². The number of carbonyl (C=O) groups excluding carboxylic acids is 2. The number of hydrogen-bond acceptors (Lipinski definition) is 5. The predicted octanol–water partition coefficient (Wildman–Crippen LogP) is 3.89. The minimum atomic E-state index is -5.72. The molecule has 0 radical (unpaired) electrons. The highest BCUT2D eigenvalue weighted by Gasteiger charge is 2.58. The van der Waals surface area contributed by atoms with Gasteiger partial charge in [0.15, 0.2) is 6.61 Å². The van der Waals surface area contributed by atoms with Crippen LogP contribution < -0.4 is 15.4 Å². The summed E-state index contributed by atoms with van der Waals surface area (Å²) in [5.74, 6) is -6.19. The summed E-state index contributed by atoms with van der Waals surface area (Å²) in [7, 11) is 0. The number of alkyl halides is 5. The Morgan fingerprint density at radius 3 is 2.38 bits per heavy atom. The normalized spacial score (nSPS) is 11.9. The molecule has 0 fully saturated rings. The molecule has 0 saturated heterocycles. The maximum atomic E-state index is 12.9. The van der Waals surface area contributed by atoms with Crippen molar-refractivity contribution in [2.24, 2.45) is 5.92 Å². The van der Waals surface area contributed by atoms with Gasteiger partial charge in [-0.3, -0.25) is 9.59 Å². The Kier molecular flexibility index (Phi) is 7.70. The second kappa shape index (κ2) is 9.88. The second-order valence-corrected chi connectivity index (χ2v) is 7.20. The van der Waals surface area contributed by atoms with E-state index < -0.39 is 30.5 Å². The molecule has 12 heteroatoms. The average Bonchev–Trinajstić information content (AvgIpc) is 2.69. The highest BCUT2D eigenvalue weighted by atomic mass is 19.4. The number of carbonyl (C=O) groups is 2. The molecule has 2 N–H and O–H groups in total. The molecule has 0 aromatic carbocycles. The first-order valence-electron chi connectivity index (χ1n) is 9.38. The molecule has 0 aliphatic heterocycles. The lowest BCUT2D eigenvalue weighted by atomic mass is 10.2. The Balaban J connectivity index is 1.96. The summed E-state index contributed by atoms with van der Waals surface area (Å²) >= 11 is 0. The molecular weight excluding hydrogens is 439 g/mol. The highest BCUT2D eigenvalue weighted by Crippen LogP contribution is 2.35. The Morgan fingerprint density at radius 1 is 1.12 bits per heavy atom. The molecule has 0 bridgehead atoms. The van der Waals surface area contributed by atoms with Crippen LogP contribution in [0.1, 0.15) is 35.5 Å². The summed E-state index contributed by atoms with van der Waals surface area (Å²) in [4.78, 5) is 32.1. The zero-order valence-corrected chi connectivity index (χ0v) is 17.4. The fraction of sp³-hybridized carbons (Fsp3) is 0.400. The number of ether oxygens (including phenoxy) is 1. The van der Waals surface area contributed by atoms with E-state index in [2.05, 4.69) is 25.3 Å². The van der Waals surface area contributed by atoms with Gasteiger partial charge in [-0.15, -0.1) is 0 Å². The van der Waals surface area contributed by atoms with Crippen molar-refractivity contribution in [2.45, 2.75) is 39.4 Å². The maximum absolute atomic E-state index is 12.9. The van der Waals surface area contributed by atoms with E-state index in [1.54, 1.807) is 20.8 Å². The van der Waals surface area contributed by atoms with Gasteiger partial charge in [-0.1, -0.05) is 19.9 Å². The minimum Gasteiger partial charge on any atom is -0.471 e. The molecule has 0 aliphatic carbocycles. The van der Waals surface area contributed by atoms with Gasteiger partial charge in [0.1, 0.15) is 5.82 Å². The lowest BCUT2D eigenvalue weighted by Crippen LogP contribution is -2.41. The second-order valence-electron chi connectivity index (χ2n) is 7.20. The molecule has 32 heavy (non-hydrogen) atoms. The fourth-order valence-electron chi connectivity index (χ4n) is 2.27. The van der Waals surface area contributed by atoms with Crippen molar-refractivity contribution in [1.82, 2.24) is 15.3 Å². The van der Waals surface area contributed by atoms with Crippen LogP contribution in [0.4, 0.5) is 27.8 Å². The van der Waals surface area contributed by atoms with E-state index in [1.807, 2.05) is 0 Å². The molecule has 0 spiro atoms. The Hall–Kier alpha value is -3.31. The van der Waals surface area contributed by atoms with Gasteiger partial charge in [-0.25, -0.2) is 9.97 Å². The topological polar surface area (TPSA) is 93.2 Å². The van der Waals surface area contributed by atoms with Gasteiger partial charge in [0.05, 0.1) is 0 Å². The summed E-state index contributed by atoms with van der Waals surface area (Å²) in [6, 6.07) is 5.42. The van der Waals surface area contributed by atoms with Crippen LogP contribution >= 0.6 is 0 Å². The zero-order chi connectivity index (χ0) is 24.1. The third-order valence-electron chi connectivity index (χ3n) is 4.06. The quantitative estimate of drug-likeness (QED) is 0.584. The molecule has 174 valence electrons. The van der Waals surface area contributed by atoms with Gasteiger partial charge in [-0.2, -0.15) is 22.0 Å². The predicted molar refractivity (Wildman–Crippen MR) is 104 cm³/mol. The average molecular weight is 460 g/mol. The van der Waals surface area contributed by atoms with Gasteiger partial charge in [0.2, 0.25) is 11.8 Å². The molecule has 2 aromatic heterocycles. The molecule has 0 unspecified atom stereocenters. The molecule has 0 saturated carbocycles. The van der Waals surface area contributed by atoms with E-state index in [4.69, 9.17) is 0 Å². The maximum Gasteiger partial charge on any atom is 0.456 e. The first kappa shape index (κ1) is 25.0. The Morgan fingerprint density at radius 2 is 1.81 bits per heavy atom. The first-order chi connectivity index (χ1) is 14.8. The summed E-state index contributed by atoms with van der Waals surface area (Å²) in [6.07, 6.45) is -4.55. The van der Waals surface area contributed by atoms with Gasteiger partial charge in [0.25, 0.3) is 5.91 Å². The summed E-state index contributed by atoms with van der Waals surface area (Å²) < 4.78 is 66.6. The Bertz CT molecular complexity index is 963. The third kappa shape index (κ3) is 6.86. The number of hydrogen-bond donors (Lipinski definition) is 2. The molecule has 2 aromatic rings. The number of nitrogens with one attached hydrogen (secondary N) is 2. The number of amides is 2. The zero-order valence-electron chi connectivity index (χ0n) is 17.4. The number of pyridine rings is 2. The number of aryl methyl sites for hydroxylation is 1. The van der Waals surface area contributed by atoms with Gasteiger partial charge >= 0.3 is 12.1 Å². The minimum absolute atomic E-state index is 0.000118. The van der Waals surface area contributed by atoms with Crippen LogP contribution in [-0.2, 0) is 11.3 Å². The first-order valence-corrected chi connectivity index (χ1v) is 9.38. The van der Waals surface area contributed by atoms with Crippen LogP contribution in [0.2, 0.25) is 0 Å². The summed E-state index contributed by atoms with van der Waals surface area (Å²) in [5, 5.41) is 5.22. The number of rotatable bonds is 8. The lowest BCUT2D eigenvalue weighted by Gasteiger charge is -2.19. The number of nitrogens with zero attached hydrogens (tertiary/aromatic N) is 2. The van der Waals surface area contributed by atoms with Crippen LogP contribution in [0.5, 0.6) is 5.88 Å². The van der Waals surface area contributed by atoms with Crippen molar-refractivity contribution >= 4 is 17.6 Å². The van der Waals surface area contributed by atoms with Crippen LogP contribution in [0.15, 0.2) is 30.5 Å². The van der Waals surface area contributed by atoms with E-state index in [9.17, 15) is 31.5 Å². The number of anilines is 1. The third-order valence-corrected chi connectivity index (χ3v) is 4.06. The molecule has 7 nitrogen and oxygen atoms in total. The van der Waals surface area contributed by atoms with Gasteiger partial charge in [0, 0.05) is 36.0 Å². The van der Waals surface area contributed by atoms with Crippen LogP contribution in [-0.4, -0.2) is 40.5 Å². The Labute approximate surface area is 180 Å². The molecular formula is C20H21F5N4O3. The van der Waals surface area contributed by atoms with Crippen molar-refractivity contribution < 1.29 is 36.3 Å². The lowest BCUT2D eigenvalue weighted by molar-refractivity contribution is -0.290. The monoisotopic (exact) mass is 460 g/mol. The molecule has 0 atom stereocenters. The summed E-state index contributed by atoms with van der Waals surface area (Å²) in [6.45, 7) is 3.19. The van der Waals surface area contributed by atoms with E-state index in [-0.39, 0.29) is 29.8 Å². The standard InChI is InChI=1S/C20H21F5N4O3/c1-11(2)17(30)29-15-7-14(6-12(3)28-15)18(31)27-9-13-4-5-16(26-8-13)32-10-19(21,22)20(23,24)25/h4-8,11H,9-10H2,1-3H3,(H,27,31)(H,28,29,30). The molecule has 2 amide bonds. The highest BCUT2D eigenvalue weighted by molar-refractivity contribution is 5.97. The SMILES string of the molecule is Cc1cc(C(=O)NCc2ccc(OCC(F)(F)C(F)(F)F)nc2)cc(NC(=O)C(C)C)n1. The molecule has 2 heterocycles. The van der Waals surface area contributed by atoms with E-state index in [1.165, 1.54) is 24.4 Å². The smallest absolute Gasteiger partial charge is 0.456 e. The number of aromatic nitrogens is 2. The molecule has 0 aliphatic rings. The van der Waals surface area contributed by atoms with E-state index >= 15 is 0 Å². The van der Waals surface area contributed by atoms with Crippen LogP contribution in [0.3, 0.4) is 0 Å². The van der Waals surface area contributed by atoms with E-state index in [0.717, 1.165) is 6.07 Å². The van der Waals surface area contributed by atoms with Gasteiger partial charge in [-0.05, 0) is 24.6 Å². The van der Waals surface area contributed by atoms with Crippen molar-refractivity contribution in [3.8, 4) is 5.88 Å². The van der Waals surface area contributed by atoms with Crippen molar-refractivity contribution in [3.63, 3.8) is 0 Å².